The number of rotatable bonds is 5. The highest BCUT2D eigenvalue weighted by molar-refractivity contribution is 6.30. The average Bonchev–Trinajstić information content (AvgIpc) is 3.32. The lowest BCUT2D eigenvalue weighted by Gasteiger charge is -2.22. The van der Waals surface area contributed by atoms with Gasteiger partial charge >= 0.3 is 0 Å². The largest absolute Gasteiger partial charge is 0.0622 e. The van der Waals surface area contributed by atoms with Gasteiger partial charge in [0, 0.05) is 0 Å². The lowest BCUT2D eigenvalue weighted by Crippen LogP contribution is -1.95. The van der Waals surface area contributed by atoms with Crippen molar-refractivity contribution in [2.75, 3.05) is 0 Å². The predicted octanol–water partition coefficient (Wildman–Crippen LogP) is 16.9. The Morgan fingerprint density at radius 2 is 0.550 bits per heavy atom. The fourth-order valence-electron chi connectivity index (χ4n) is 10.1. The molecule has 0 nitrogen and oxygen atoms in total. The van der Waals surface area contributed by atoms with E-state index in [4.69, 9.17) is 0 Å². The smallest absolute Gasteiger partial charge is 0.00139 e. The second kappa shape index (κ2) is 13.9. The molecule has 0 aliphatic carbocycles. The van der Waals surface area contributed by atoms with E-state index in [0.717, 1.165) is 0 Å². The second-order valence-electron chi connectivity index (χ2n) is 15.9. The van der Waals surface area contributed by atoms with Crippen LogP contribution in [-0.2, 0) is 0 Å². The molecule has 278 valence electrons. The molecule has 0 heteroatoms. The summed E-state index contributed by atoms with van der Waals surface area (Å²) in [5, 5.41) is 15.1. The fourth-order valence-corrected chi connectivity index (χ4v) is 10.1. The Bertz CT molecular complexity index is 3530. The molecule has 0 aliphatic heterocycles. The van der Waals surface area contributed by atoms with Crippen LogP contribution < -0.4 is 0 Å². The summed E-state index contributed by atoms with van der Waals surface area (Å²) in [6.45, 7) is 0. The van der Waals surface area contributed by atoms with Crippen molar-refractivity contribution in [2.45, 2.75) is 0 Å². The zero-order valence-corrected chi connectivity index (χ0v) is 32.9. The van der Waals surface area contributed by atoms with Gasteiger partial charge in [0.25, 0.3) is 0 Å². The molecule has 60 heavy (non-hydrogen) atoms. The van der Waals surface area contributed by atoms with Crippen molar-refractivity contribution in [1.82, 2.24) is 0 Å². The second-order valence-corrected chi connectivity index (χ2v) is 15.9. The summed E-state index contributed by atoms with van der Waals surface area (Å²) in [5.74, 6) is 0. The maximum Gasteiger partial charge on any atom is -0.00139 e. The van der Waals surface area contributed by atoms with Crippen molar-refractivity contribution >= 4 is 64.6 Å². The third kappa shape index (κ3) is 5.32. The van der Waals surface area contributed by atoms with E-state index < -0.39 is 0 Å². The van der Waals surface area contributed by atoms with Crippen LogP contribution in [0.15, 0.2) is 231 Å². The van der Waals surface area contributed by atoms with Gasteiger partial charge in [-0.25, -0.2) is 0 Å². The van der Waals surface area contributed by atoms with Gasteiger partial charge in [-0.1, -0.05) is 224 Å². The lowest BCUT2D eigenvalue weighted by molar-refractivity contribution is 1.60. The van der Waals surface area contributed by atoms with E-state index >= 15 is 0 Å². The van der Waals surface area contributed by atoms with Crippen LogP contribution >= 0.6 is 0 Å². The molecular weight excluding hydrogens is 721 g/mol. The topological polar surface area (TPSA) is 0 Å². The number of benzene rings is 12. The monoisotopic (exact) mass is 758 g/mol. The van der Waals surface area contributed by atoms with E-state index in [1.54, 1.807) is 0 Å². The number of fused-ring (bicyclic) bond motifs is 6. The molecule has 0 fully saturated rings. The van der Waals surface area contributed by atoms with Crippen LogP contribution in [0.25, 0.3) is 120 Å². The van der Waals surface area contributed by atoms with E-state index in [2.05, 4.69) is 231 Å². The zero-order valence-electron chi connectivity index (χ0n) is 32.9. The first-order chi connectivity index (χ1) is 29.8. The SMILES string of the molecule is c1ccc(-c2c(-c3cccc(-c4c5ccccc5c(-c5c6ccccc6c(-c6cccc7ccccc67)c6ccccc56)c5ccccc45)c3)ccc3ccccc23)cc1. The molecule has 0 saturated heterocycles. The number of hydrogen-bond donors (Lipinski definition) is 0. The van der Waals surface area contributed by atoms with Crippen molar-refractivity contribution in [3.8, 4) is 55.6 Å². The van der Waals surface area contributed by atoms with Crippen molar-refractivity contribution in [2.24, 2.45) is 0 Å². The van der Waals surface area contributed by atoms with Crippen LogP contribution in [0.1, 0.15) is 0 Å². The van der Waals surface area contributed by atoms with E-state index in [0.29, 0.717) is 0 Å². The third-order valence-electron chi connectivity index (χ3n) is 12.6. The van der Waals surface area contributed by atoms with Crippen LogP contribution in [0.5, 0.6) is 0 Å². The van der Waals surface area contributed by atoms with Gasteiger partial charge in [0.2, 0.25) is 0 Å². The summed E-state index contributed by atoms with van der Waals surface area (Å²) in [7, 11) is 0. The normalized spacial score (nSPS) is 11.7. The molecule has 0 bridgehead atoms. The van der Waals surface area contributed by atoms with E-state index in [9.17, 15) is 0 Å². The molecule has 0 radical (unpaired) electrons. The summed E-state index contributed by atoms with van der Waals surface area (Å²) < 4.78 is 0. The Hall–Kier alpha value is -7.80. The van der Waals surface area contributed by atoms with Crippen molar-refractivity contribution in [3.05, 3.63) is 231 Å². The summed E-state index contributed by atoms with van der Waals surface area (Å²) in [6, 6.07) is 85.1. The Morgan fingerprint density at radius 1 is 0.167 bits per heavy atom. The Balaban J connectivity index is 1.15. The van der Waals surface area contributed by atoms with Gasteiger partial charge in [-0.05, 0) is 126 Å². The van der Waals surface area contributed by atoms with Crippen LogP contribution in [0.2, 0.25) is 0 Å². The standard InChI is InChI=1S/C60H38/c1-2-20-41(21-3-1)56-45-26-7-5-19-40(45)36-37-46(56)42-23-16-24-43(38-42)57-48-27-8-12-31-52(48)59(53-32-13-9-28-49(53)57)60-54-33-14-10-29-50(54)58(51-30-11-15-34-55(51)60)47-35-17-22-39-18-4-6-25-44(39)47/h1-38H. The van der Waals surface area contributed by atoms with Gasteiger partial charge in [-0.15, -0.1) is 0 Å². The molecule has 0 amide bonds. The third-order valence-corrected chi connectivity index (χ3v) is 12.6. The van der Waals surface area contributed by atoms with Gasteiger partial charge in [0.15, 0.2) is 0 Å². The molecule has 0 saturated carbocycles. The molecule has 0 N–H and O–H groups in total. The summed E-state index contributed by atoms with van der Waals surface area (Å²) in [5.41, 5.74) is 12.5. The maximum absolute atomic E-state index is 2.41. The van der Waals surface area contributed by atoms with Gasteiger partial charge in [0.05, 0.1) is 0 Å². The minimum absolute atomic E-state index is 1.20. The Kier molecular flexibility index (Phi) is 7.96. The summed E-state index contributed by atoms with van der Waals surface area (Å²) in [6.07, 6.45) is 0. The van der Waals surface area contributed by atoms with Gasteiger partial charge in [0.1, 0.15) is 0 Å². The molecule has 0 aromatic heterocycles. The molecule has 0 heterocycles. The molecule has 12 aromatic rings. The number of hydrogen-bond acceptors (Lipinski definition) is 0. The van der Waals surface area contributed by atoms with Gasteiger partial charge in [-0.3, -0.25) is 0 Å². The molecule has 0 unspecified atom stereocenters. The molecule has 0 spiro atoms. The molecule has 12 aromatic carbocycles. The van der Waals surface area contributed by atoms with Crippen LogP contribution in [0.3, 0.4) is 0 Å². The minimum atomic E-state index is 1.20. The zero-order chi connectivity index (χ0) is 39.6. The summed E-state index contributed by atoms with van der Waals surface area (Å²) >= 11 is 0. The van der Waals surface area contributed by atoms with Gasteiger partial charge < -0.3 is 0 Å². The van der Waals surface area contributed by atoms with E-state index in [1.807, 2.05) is 0 Å². The quantitative estimate of drug-likeness (QED) is 0.153. The van der Waals surface area contributed by atoms with Crippen molar-refractivity contribution < 1.29 is 0 Å². The minimum Gasteiger partial charge on any atom is -0.0622 e. The van der Waals surface area contributed by atoms with Crippen molar-refractivity contribution in [1.29, 1.82) is 0 Å². The lowest BCUT2D eigenvalue weighted by atomic mass is 9.80. The van der Waals surface area contributed by atoms with Crippen LogP contribution in [0, 0.1) is 0 Å². The first kappa shape index (κ1) is 34.3. The highest BCUT2D eigenvalue weighted by Crippen LogP contribution is 2.51. The van der Waals surface area contributed by atoms with Crippen molar-refractivity contribution in [3.63, 3.8) is 0 Å². The van der Waals surface area contributed by atoms with Crippen LogP contribution in [-0.4, -0.2) is 0 Å². The maximum atomic E-state index is 2.41. The molecule has 0 aliphatic rings. The average molecular weight is 759 g/mol. The highest BCUT2D eigenvalue weighted by atomic mass is 14.3. The van der Waals surface area contributed by atoms with Crippen LogP contribution in [0.4, 0.5) is 0 Å². The molecule has 0 atom stereocenters. The summed E-state index contributed by atoms with van der Waals surface area (Å²) in [4.78, 5) is 0. The Morgan fingerprint density at radius 3 is 1.12 bits per heavy atom. The first-order valence-electron chi connectivity index (χ1n) is 20.9. The highest BCUT2D eigenvalue weighted by Gasteiger charge is 2.23. The molecule has 12 rings (SSSR count). The van der Waals surface area contributed by atoms with E-state index in [1.165, 1.54) is 120 Å². The first-order valence-corrected chi connectivity index (χ1v) is 20.9. The van der Waals surface area contributed by atoms with Gasteiger partial charge in [-0.2, -0.15) is 0 Å². The Labute approximate surface area is 349 Å². The molecular formula is C60H38. The fraction of sp³-hybridized carbons (Fsp3) is 0. The van der Waals surface area contributed by atoms with E-state index in [-0.39, 0.29) is 0 Å². The predicted molar refractivity (Wildman–Crippen MR) is 259 cm³/mol.